The molecule has 0 aromatic heterocycles. The van der Waals surface area contributed by atoms with Crippen LogP contribution in [0.1, 0.15) is 12.8 Å². The van der Waals surface area contributed by atoms with Gasteiger partial charge in [0.25, 0.3) is 0 Å². The highest BCUT2D eigenvalue weighted by atomic mass is 32.2. The highest BCUT2D eigenvalue weighted by Gasteiger charge is 2.25. The van der Waals surface area contributed by atoms with E-state index in [4.69, 9.17) is 5.73 Å². The topological polar surface area (TPSA) is 55.1 Å². The third kappa shape index (κ3) is 1.75. The van der Waals surface area contributed by atoms with Crippen molar-refractivity contribution in [3.05, 3.63) is 11.6 Å². The van der Waals surface area contributed by atoms with Crippen LogP contribution in [0.3, 0.4) is 0 Å². The maximum absolute atomic E-state index is 9.87. The van der Waals surface area contributed by atoms with Gasteiger partial charge in [-0.15, -0.1) is 0 Å². The molecule has 55 valence electrons. The van der Waals surface area contributed by atoms with Gasteiger partial charge in [0, 0.05) is 19.0 Å². The van der Waals surface area contributed by atoms with Crippen LogP contribution in [-0.4, -0.2) is 11.3 Å². The molecule has 1 aliphatic rings. The minimum absolute atomic E-state index is 0.387. The monoisotopic (exact) mass is 157 g/mol. The van der Waals surface area contributed by atoms with Crippen molar-refractivity contribution in [1.29, 1.82) is 0 Å². The van der Waals surface area contributed by atoms with Crippen molar-refractivity contribution in [3.63, 3.8) is 0 Å². The second-order valence-electron chi connectivity index (χ2n) is 2.10. The van der Waals surface area contributed by atoms with Gasteiger partial charge in [-0.25, -0.2) is 0 Å². The highest BCUT2D eigenvalue weighted by molar-refractivity contribution is 8.03. The summed E-state index contributed by atoms with van der Waals surface area (Å²) in [4.78, 5) is 9.40. The van der Waals surface area contributed by atoms with Crippen molar-refractivity contribution in [3.8, 4) is 0 Å². The number of nitrogens with two attached hydrogens (primary N) is 1. The van der Waals surface area contributed by atoms with E-state index < -0.39 is 4.99 Å². The second-order valence-corrected chi connectivity index (χ2v) is 3.34. The number of carbonyl (C=O) groups excluding carboxylic acids is 1. The molecule has 1 heterocycles. The molecule has 0 amide bonds. The van der Waals surface area contributed by atoms with Crippen molar-refractivity contribution in [2.75, 3.05) is 0 Å². The number of nitrogens with one attached hydrogen (secondary N) is 1. The van der Waals surface area contributed by atoms with Gasteiger partial charge in [0.15, 0.2) is 6.29 Å². The zero-order valence-corrected chi connectivity index (χ0v) is 6.28. The molecule has 10 heavy (non-hydrogen) atoms. The Morgan fingerprint density at radius 2 is 2.60 bits per heavy atom. The third-order valence-corrected chi connectivity index (χ3v) is 2.29. The van der Waals surface area contributed by atoms with E-state index in [9.17, 15) is 4.79 Å². The van der Waals surface area contributed by atoms with Crippen molar-refractivity contribution < 1.29 is 4.79 Å². The van der Waals surface area contributed by atoms with Crippen LogP contribution in [0.4, 0.5) is 0 Å². The van der Waals surface area contributed by atoms with Crippen LogP contribution >= 0.6 is 11.8 Å². The Hall–Kier alpha value is -0.480. The minimum atomic E-state index is -0.461. The molecule has 0 aliphatic carbocycles. The average molecular weight is 157 g/mol. The first-order chi connectivity index (χ1) is 4.77. The van der Waals surface area contributed by atoms with Gasteiger partial charge in [-0.05, 0) is 5.41 Å². The van der Waals surface area contributed by atoms with Crippen molar-refractivity contribution in [2.45, 2.75) is 17.8 Å². The molecule has 0 fully saturated rings. The molecule has 0 saturated carbocycles. The summed E-state index contributed by atoms with van der Waals surface area (Å²) in [5.74, 6) is 0. The van der Waals surface area contributed by atoms with Crippen LogP contribution < -0.4 is 11.1 Å². The molecule has 1 atom stereocenters. The summed E-state index contributed by atoms with van der Waals surface area (Å²) in [6.07, 6.45) is 4.60. The molecule has 3 nitrogen and oxygen atoms in total. The molecular weight excluding hydrogens is 148 g/mol. The predicted octanol–water partition coefficient (Wildman–Crippen LogP) is 0.296. The van der Waals surface area contributed by atoms with Gasteiger partial charge in [0.1, 0.15) is 4.99 Å². The number of hydrogen-bond acceptors (Lipinski definition) is 4. The highest BCUT2D eigenvalue weighted by Crippen LogP contribution is 2.26. The number of thioether (sulfide) groups is 1. The van der Waals surface area contributed by atoms with E-state index >= 15 is 0 Å². The van der Waals surface area contributed by atoms with Gasteiger partial charge in [-0.1, -0.05) is 11.8 Å². The molecule has 0 spiro atoms. The van der Waals surface area contributed by atoms with Crippen LogP contribution in [0, 0.1) is 0 Å². The standard InChI is InChI=1S/C6H9N2OS/c7-6(2-1-4-9)8-3-5-10-6/h3,5,8H,1-2,7H2. The fraction of sp³-hybridized carbons (Fsp3) is 0.500. The van der Waals surface area contributed by atoms with Crippen molar-refractivity contribution >= 4 is 18.0 Å². The van der Waals surface area contributed by atoms with E-state index in [-0.39, 0.29) is 0 Å². The lowest BCUT2D eigenvalue weighted by Gasteiger charge is -2.21. The largest absolute Gasteiger partial charge is 0.364 e. The lowest BCUT2D eigenvalue weighted by Crippen LogP contribution is -2.45. The van der Waals surface area contributed by atoms with Gasteiger partial charge in [-0.3, -0.25) is 10.5 Å². The normalized spacial score (nSPS) is 30.1. The number of hydrogen-bond donors (Lipinski definition) is 2. The lowest BCUT2D eigenvalue weighted by molar-refractivity contribution is 0.504. The summed E-state index contributed by atoms with van der Waals surface area (Å²) in [7, 11) is 0. The molecule has 0 aromatic rings. The van der Waals surface area contributed by atoms with E-state index in [2.05, 4.69) is 5.32 Å². The van der Waals surface area contributed by atoms with Gasteiger partial charge in [0.2, 0.25) is 0 Å². The lowest BCUT2D eigenvalue weighted by atomic mass is 10.3. The van der Waals surface area contributed by atoms with Crippen LogP contribution in [0.15, 0.2) is 11.6 Å². The summed E-state index contributed by atoms with van der Waals surface area (Å²) in [6, 6.07) is 0. The maximum atomic E-state index is 9.87. The van der Waals surface area contributed by atoms with Crippen LogP contribution in [-0.2, 0) is 4.79 Å². The molecular formula is C6H9N2OS. The first kappa shape index (κ1) is 7.63. The Labute approximate surface area is 64.0 Å². The maximum Gasteiger partial charge on any atom is 0.198 e. The summed E-state index contributed by atoms with van der Waals surface area (Å²) in [5, 5.41) is 4.83. The summed E-state index contributed by atoms with van der Waals surface area (Å²) in [6.45, 7) is 0. The second kappa shape index (κ2) is 3.07. The quantitative estimate of drug-likeness (QED) is 0.618. The molecule has 1 aliphatic heterocycles. The van der Waals surface area contributed by atoms with E-state index in [1.807, 2.05) is 11.7 Å². The Morgan fingerprint density at radius 1 is 1.80 bits per heavy atom. The van der Waals surface area contributed by atoms with Gasteiger partial charge >= 0.3 is 0 Å². The van der Waals surface area contributed by atoms with Crippen molar-refractivity contribution in [1.82, 2.24) is 5.32 Å². The number of rotatable bonds is 3. The van der Waals surface area contributed by atoms with Gasteiger partial charge in [0.05, 0.1) is 0 Å². The molecule has 0 saturated heterocycles. The fourth-order valence-electron chi connectivity index (χ4n) is 0.732. The Balaban J connectivity index is 2.31. The summed E-state index contributed by atoms with van der Waals surface area (Å²) >= 11 is 1.49. The zero-order chi connectivity index (χ0) is 7.45. The van der Waals surface area contributed by atoms with Crippen LogP contribution in [0.2, 0.25) is 0 Å². The first-order valence-corrected chi connectivity index (χ1v) is 3.89. The van der Waals surface area contributed by atoms with Crippen LogP contribution in [0.25, 0.3) is 0 Å². The van der Waals surface area contributed by atoms with E-state index in [1.165, 1.54) is 11.8 Å². The van der Waals surface area contributed by atoms with E-state index in [0.717, 1.165) is 0 Å². The third-order valence-electron chi connectivity index (χ3n) is 1.27. The van der Waals surface area contributed by atoms with E-state index in [0.29, 0.717) is 12.8 Å². The Morgan fingerprint density at radius 3 is 3.10 bits per heavy atom. The van der Waals surface area contributed by atoms with Crippen molar-refractivity contribution in [2.24, 2.45) is 5.73 Å². The molecule has 1 unspecified atom stereocenters. The van der Waals surface area contributed by atoms with Crippen LogP contribution in [0.5, 0.6) is 0 Å². The SMILES string of the molecule is NC1(CC[C]=O)NC=CS1. The minimum Gasteiger partial charge on any atom is -0.364 e. The Bertz CT molecular complexity index is 150. The van der Waals surface area contributed by atoms with Gasteiger partial charge < -0.3 is 5.32 Å². The molecule has 3 N–H and O–H groups in total. The first-order valence-electron chi connectivity index (χ1n) is 3.01. The molecule has 1 radical (unpaired) electrons. The zero-order valence-electron chi connectivity index (χ0n) is 5.46. The van der Waals surface area contributed by atoms with E-state index in [1.54, 1.807) is 6.20 Å². The fourth-order valence-corrected chi connectivity index (χ4v) is 1.47. The molecule has 4 heteroatoms. The molecule has 1 rings (SSSR count). The molecule has 0 aromatic carbocycles. The van der Waals surface area contributed by atoms with Gasteiger partial charge in [-0.2, -0.15) is 0 Å². The smallest absolute Gasteiger partial charge is 0.198 e. The summed E-state index contributed by atoms with van der Waals surface area (Å²) in [5.41, 5.74) is 5.76. The summed E-state index contributed by atoms with van der Waals surface area (Å²) < 4.78 is 0. The Kier molecular flexibility index (Phi) is 2.34. The average Bonchev–Trinajstić information content (AvgIpc) is 2.33. The molecule has 0 bridgehead atoms. The predicted molar refractivity (Wildman–Crippen MR) is 41.7 cm³/mol.